The van der Waals surface area contributed by atoms with Crippen LogP contribution in [0.2, 0.25) is 5.02 Å². The van der Waals surface area contributed by atoms with Crippen LogP contribution in [-0.4, -0.2) is 34.8 Å². The largest absolute Gasteiger partial charge is 0.333 e. The lowest BCUT2D eigenvalue weighted by Crippen LogP contribution is -2.33. The van der Waals surface area contributed by atoms with Crippen LogP contribution in [-0.2, 0) is 9.59 Å². The number of para-hydroxylation sites is 1. The fourth-order valence-corrected chi connectivity index (χ4v) is 3.35. The Labute approximate surface area is 124 Å². The topological polar surface area (TPSA) is 62.3 Å². The van der Waals surface area contributed by atoms with Gasteiger partial charge in [-0.3, -0.25) is 9.59 Å². The van der Waals surface area contributed by atoms with Crippen LogP contribution in [0.4, 0.5) is 5.13 Å². The van der Waals surface area contributed by atoms with E-state index in [2.05, 4.69) is 10.3 Å². The molecule has 5 nitrogen and oxygen atoms in total. The van der Waals surface area contributed by atoms with Crippen molar-refractivity contribution in [2.45, 2.75) is 12.8 Å². The molecule has 1 aliphatic rings. The Morgan fingerprint density at radius 1 is 1.50 bits per heavy atom. The number of thiazole rings is 1. The first kappa shape index (κ1) is 13.3. The summed E-state index contributed by atoms with van der Waals surface area (Å²) < 4.78 is 0.921. The third-order valence-corrected chi connectivity index (χ3v) is 4.36. The quantitative estimate of drug-likeness (QED) is 0.947. The van der Waals surface area contributed by atoms with E-state index in [1.807, 2.05) is 12.1 Å². The molecule has 0 radical (unpaired) electrons. The van der Waals surface area contributed by atoms with E-state index in [4.69, 9.17) is 11.6 Å². The van der Waals surface area contributed by atoms with Crippen LogP contribution in [0.15, 0.2) is 18.2 Å². The summed E-state index contributed by atoms with van der Waals surface area (Å²) in [6, 6.07) is 5.51. The first-order valence-electron chi connectivity index (χ1n) is 6.26. The molecule has 0 spiro atoms. The minimum Gasteiger partial charge on any atom is -0.333 e. The highest BCUT2D eigenvalue weighted by Gasteiger charge is 2.22. The number of likely N-dealkylation sites (tertiary alicyclic amines) is 1. The van der Waals surface area contributed by atoms with Gasteiger partial charge in [-0.1, -0.05) is 29.0 Å². The Morgan fingerprint density at radius 2 is 2.35 bits per heavy atom. The highest BCUT2D eigenvalue weighted by molar-refractivity contribution is 7.22. The van der Waals surface area contributed by atoms with Gasteiger partial charge in [0.25, 0.3) is 0 Å². The van der Waals surface area contributed by atoms with E-state index in [1.54, 1.807) is 11.0 Å². The first-order chi connectivity index (χ1) is 9.63. The van der Waals surface area contributed by atoms with Gasteiger partial charge >= 0.3 is 0 Å². The molecule has 20 heavy (non-hydrogen) atoms. The van der Waals surface area contributed by atoms with Crippen LogP contribution < -0.4 is 5.32 Å². The maximum atomic E-state index is 11.9. The molecule has 1 aromatic heterocycles. The molecule has 1 N–H and O–H groups in total. The SMILES string of the molecule is O=C(CN1CCCC1=O)Nc1nc2c(Cl)cccc2s1. The average molecular weight is 310 g/mol. The number of carbonyl (C=O) groups is 2. The summed E-state index contributed by atoms with van der Waals surface area (Å²) in [6.45, 7) is 0.737. The van der Waals surface area contributed by atoms with Crippen molar-refractivity contribution in [3.05, 3.63) is 23.2 Å². The standard InChI is InChI=1S/C13H12ClN3O2S/c14-8-3-1-4-9-12(8)16-13(20-9)15-10(18)7-17-6-2-5-11(17)19/h1,3-4H,2,5-7H2,(H,15,16,18). The van der Waals surface area contributed by atoms with Crippen molar-refractivity contribution in [3.8, 4) is 0 Å². The lowest BCUT2D eigenvalue weighted by Gasteiger charge is -2.13. The molecule has 1 saturated heterocycles. The number of carbonyl (C=O) groups excluding carboxylic acids is 2. The normalized spacial score (nSPS) is 15.1. The lowest BCUT2D eigenvalue weighted by molar-refractivity contribution is -0.131. The van der Waals surface area contributed by atoms with Crippen molar-refractivity contribution in [1.29, 1.82) is 0 Å². The Morgan fingerprint density at radius 3 is 3.05 bits per heavy atom. The molecule has 0 atom stereocenters. The highest BCUT2D eigenvalue weighted by atomic mass is 35.5. The number of benzene rings is 1. The van der Waals surface area contributed by atoms with Crippen LogP contribution in [0.25, 0.3) is 10.2 Å². The minimum atomic E-state index is -0.226. The minimum absolute atomic E-state index is 0.0347. The molecule has 1 fully saturated rings. The molecule has 7 heteroatoms. The molecule has 3 rings (SSSR count). The average Bonchev–Trinajstić information content (AvgIpc) is 2.97. The van der Waals surface area contributed by atoms with Crippen LogP contribution in [0.5, 0.6) is 0 Å². The van der Waals surface area contributed by atoms with E-state index in [0.29, 0.717) is 28.6 Å². The summed E-state index contributed by atoms with van der Waals surface area (Å²) in [4.78, 5) is 29.2. The summed E-state index contributed by atoms with van der Waals surface area (Å²) in [5, 5.41) is 3.79. The Balaban J connectivity index is 1.71. The number of hydrogen-bond acceptors (Lipinski definition) is 4. The van der Waals surface area contributed by atoms with Crippen LogP contribution in [0.3, 0.4) is 0 Å². The monoisotopic (exact) mass is 309 g/mol. The zero-order valence-electron chi connectivity index (χ0n) is 10.6. The maximum absolute atomic E-state index is 11.9. The van der Waals surface area contributed by atoms with E-state index >= 15 is 0 Å². The Kier molecular flexibility index (Phi) is 3.58. The molecular weight excluding hydrogens is 298 g/mol. The molecule has 2 aromatic rings. The van der Waals surface area contributed by atoms with Gasteiger partial charge in [-0.2, -0.15) is 0 Å². The highest BCUT2D eigenvalue weighted by Crippen LogP contribution is 2.30. The third kappa shape index (κ3) is 2.62. The summed E-state index contributed by atoms with van der Waals surface area (Å²) in [7, 11) is 0. The van der Waals surface area contributed by atoms with Crippen molar-refractivity contribution >= 4 is 50.1 Å². The molecule has 0 unspecified atom stereocenters. The van der Waals surface area contributed by atoms with Crippen molar-refractivity contribution in [3.63, 3.8) is 0 Å². The number of amides is 2. The van der Waals surface area contributed by atoms with E-state index in [1.165, 1.54) is 11.3 Å². The van der Waals surface area contributed by atoms with E-state index < -0.39 is 0 Å². The van der Waals surface area contributed by atoms with Crippen LogP contribution in [0.1, 0.15) is 12.8 Å². The van der Waals surface area contributed by atoms with Crippen molar-refractivity contribution < 1.29 is 9.59 Å². The van der Waals surface area contributed by atoms with Gasteiger partial charge in [-0.15, -0.1) is 0 Å². The molecule has 0 saturated carbocycles. The summed E-state index contributed by atoms with van der Waals surface area (Å²) in [5.41, 5.74) is 0.687. The van der Waals surface area contributed by atoms with Gasteiger partial charge < -0.3 is 10.2 Å². The molecule has 0 bridgehead atoms. The fourth-order valence-electron chi connectivity index (χ4n) is 2.17. The molecule has 1 aliphatic heterocycles. The number of halogens is 1. The number of aromatic nitrogens is 1. The van der Waals surface area contributed by atoms with Crippen LogP contribution >= 0.6 is 22.9 Å². The zero-order chi connectivity index (χ0) is 14.1. The number of hydrogen-bond donors (Lipinski definition) is 1. The van der Waals surface area contributed by atoms with Gasteiger partial charge in [0.1, 0.15) is 5.52 Å². The second kappa shape index (κ2) is 5.38. The van der Waals surface area contributed by atoms with Gasteiger partial charge in [0, 0.05) is 13.0 Å². The Bertz CT molecular complexity index is 685. The van der Waals surface area contributed by atoms with Crippen LogP contribution in [0, 0.1) is 0 Å². The number of nitrogens with one attached hydrogen (secondary N) is 1. The molecule has 0 aliphatic carbocycles. The van der Waals surface area contributed by atoms with Gasteiger partial charge in [0.2, 0.25) is 11.8 Å². The second-order valence-corrected chi connectivity index (χ2v) is 6.01. The van der Waals surface area contributed by atoms with Gasteiger partial charge in [-0.05, 0) is 18.6 Å². The summed E-state index contributed by atoms with van der Waals surface area (Å²) in [5.74, 6) is -0.192. The Hall–Kier alpha value is -1.66. The van der Waals surface area contributed by atoms with Crippen molar-refractivity contribution in [2.75, 3.05) is 18.4 Å². The molecule has 1 aromatic carbocycles. The van der Waals surface area contributed by atoms with Gasteiger partial charge in [0.05, 0.1) is 16.3 Å². The number of rotatable bonds is 3. The predicted molar refractivity (Wildman–Crippen MR) is 79.1 cm³/mol. The molecule has 104 valence electrons. The van der Waals surface area contributed by atoms with E-state index in [9.17, 15) is 9.59 Å². The van der Waals surface area contributed by atoms with Crippen molar-refractivity contribution in [1.82, 2.24) is 9.88 Å². The molecule has 2 amide bonds. The van der Waals surface area contributed by atoms with Gasteiger partial charge in [0.15, 0.2) is 5.13 Å². The number of nitrogens with zero attached hydrogens (tertiary/aromatic N) is 2. The van der Waals surface area contributed by atoms with E-state index in [-0.39, 0.29) is 18.4 Å². The molecular formula is C13H12ClN3O2S. The van der Waals surface area contributed by atoms with Gasteiger partial charge in [-0.25, -0.2) is 4.98 Å². The van der Waals surface area contributed by atoms with E-state index in [0.717, 1.165) is 11.1 Å². The molecule has 2 heterocycles. The summed E-state index contributed by atoms with van der Waals surface area (Å²) in [6.07, 6.45) is 1.35. The maximum Gasteiger partial charge on any atom is 0.245 e. The smallest absolute Gasteiger partial charge is 0.245 e. The first-order valence-corrected chi connectivity index (χ1v) is 7.45. The predicted octanol–water partition coefficient (Wildman–Crippen LogP) is 2.51. The van der Waals surface area contributed by atoms with Crippen molar-refractivity contribution in [2.24, 2.45) is 0 Å². The number of anilines is 1. The lowest BCUT2D eigenvalue weighted by atomic mass is 10.3. The number of fused-ring (bicyclic) bond motifs is 1. The summed E-state index contributed by atoms with van der Waals surface area (Å²) >= 11 is 7.41. The third-order valence-electron chi connectivity index (χ3n) is 3.12. The second-order valence-electron chi connectivity index (χ2n) is 4.57. The fraction of sp³-hybridized carbons (Fsp3) is 0.308. The zero-order valence-corrected chi connectivity index (χ0v) is 12.1.